The van der Waals surface area contributed by atoms with Gasteiger partial charge in [0.2, 0.25) is 0 Å². The van der Waals surface area contributed by atoms with E-state index in [-0.39, 0.29) is 24.4 Å². The van der Waals surface area contributed by atoms with Crippen LogP contribution in [0.3, 0.4) is 0 Å². The lowest BCUT2D eigenvalue weighted by molar-refractivity contribution is -0.885. The van der Waals surface area contributed by atoms with Gasteiger partial charge in [-0.3, -0.25) is 9.59 Å². The first-order valence-corrected chi connectivity index (χ1v) is 7.87. The molecule has 0 aromatic heterocycles. The molecule has 22 heavy (non-hydrogen) atoms. The van der Waals surface area contributed by atoms with Crippen LogP contribution in [0.15, 0.2) is 18.2 Å². The molecule has 1 fully saturated rings. The number of amides is 2. The molecule has 3 N–H and O–H groups in total. The van der Waals surface area contributed by atoms with Gasteiger partial charge in [-0.1, -0.05) is 18.2 Å². The second kappa shape index (κ2) is 6.92. The molecule has 0 spiro atoms. The lowest BCUT2D eigenvalue weighted by Crippen LogP contribution is -3.15. The molecular weight excluding hydrogens is 278 g/mol. The molecule has 1 aromatic carbocycles. The number of likely N-dealkylation sites (N-methyl/N-ethyl adjacent to an activating group) is 1. The zero-order chi connectivity index (χ0) is 16.3. The number of aryl methyl sites for hydroxylation is 2. The molecule has 5 heteroatoms. The van der Waals surface area contributed by atoms with Crippen LogP contribution in [-0.2, 0) is 9.59 Å². The first-order chi connectivity index (χ1) is 10.4. The maximum absolute atomic E-state index is 12.2. The Kier molecular flexibility index (Phi) is 5.19. The lowest BCUT2D eigenvalue weighted by Gasteiger charge is -2.21. The minimum absolute atomic E-state index is 0.0277. The number of carbonyl (C=O) groups excluding carboxylic acids is 2. The molecule has 0 aliphatic heterocycles. The van der Waals surface area contributed by atoms with E-state index in [0.717, 1.165) is 34.6 Å². The minimum Gasteiger partial charge on any atom is -0.348 e. The number of benzene rings is 1. The first-order valence-electron chi connectivity index (χ1n) is 7.87. The van der Waals surface area contributed by atoms with E-state index in [0.29, 0.717) is 6.04 Å². The molecule has 5 nitrogen and oxygen atoms in total. The zero-order valence-corrected chi connectivity index (χ0v) is 13.8. The molecule has 1 aliphatic rings. The normalized spacial score (nSPS) is 16.7. The van der Waals surface area contributed by atoms with Gasteiger partial charge in [0.05, 0.1) is 7.05 Å². The SMILES string of the molecule is Cc1cccc(C)c1NC(=O)C[NH+](C)[C@H](C)C(=O)NC1CC1. The lowest BCUT2D eigenvalue weighted by atomic mass is 10.1. The number of rotatable bonds is 6. The molecule has 0 saturated heterocycles. The van der Waals surface area contributed by atoms with E-state index >= 15 is 0 Å². The zero-order valence-electron chi connectivity index (χ0n) is 13.8. The van der Waals surface area contributed by atoms with Gasteiger partial charge in [-0.05, 0) is 44.7 Å². The molecule has 1 aromatic rings. The first kappa shape index (κ1) is 16.5. The monoisotopic (exact) mass is 304 g/mol. The fourth-order valence-electron chi connectivity index (χ4n) is 2.38. The van der Waals surface area contributed by atoms with Crippen LogP contribution >= 0.6 is 0 Å². The Morgan fingerprint density at radius 2 is 1.86 bits per heavy atom. The smallest absolute Gasteiger partial charge is 0.279 e. The highest BCUT2D eigenvalue weighted by atomic mass is 16.2. The van der Waals surface area contributed by atoms with Crippen LogP contribution in [0.25, 0.3) is 0 Å². The van der Waals surface area contributed by atoms with Crippen molar-refractivity contribution in [2.45, 2.75) is 45.7 Å². The van der Waals surface area contributed by atoms with E-state index < -0.39 is 0 Å². The summed E-state index contributed by atoms with van der Waals surface area (Å²) in [5, 5.41) is 5.95. The third kappa shape index (κ3) is 4.31. The topological polar surface area (TPSA) is 62.6 Å². The molecule has 1 saturated carbocycles. The summed E-state index contributed by atoms with van der Waals surface area (Å²) in [6, 6.07) is 6.05. The largest absolute Gasteiger partial charge is 0.348 e. The quantitative estimate of drug-likeness (QED) is 0.713. The number of hydrogen-bond acceptors (Lipinski definition) is 2. The highest BCUT2D eigenvalue weighted by molar-refractivity contribution is 5.93. The van der Waals surface area contributed by atoms with Crippen molar-refractivity contribution in [3.05, 3.63) is 29.3 Å². The van der Waals surface area contributed by atoms with Gasteiger partial charge in [-0.15, -0.1) is 0 Å². The average molecular weight is 304 g/mol. The Morgan fingerprint density at radius 3 is 2.41 bits per heavy atom. The van der Waals surface area contributed by atoms with Crippen LogP contribution in [0.5, 0.6) is 0 Å². The van der Waals surface area contributed by atoms with Crippen molar-refractivity contribution in [1.82, 2.24) is 5.32 Å². The second-order valence-electron chi connectivity index (χ2n) is 6.34. The van der Waals surface area contributed by atoms with Crippen molar-refractivity contribution >= 4 is 17.5 Å². The van der Waals surface area contributed by atoms with E-state index in [4.69, 9.17) is 0 Å². The summed E-state index contributed by atoms with van der Waals surface area (Å²) in [6.45, 7) is 6.09. The molecular formula is C17H26N3O2+. The molecule has 2 rings (SSSR count). The number of anilines is 1. The Bertz CT molecular complexity index is 547. The van der Waals surface area contributed by atoms with Crippen LogP contribution < -0.4 is 15.5 Å². The Labute approximate surface area is 132 Å². The molecule has 120 valence electrons. The summed E-state index contributed by atoms with van der Waals surface area (Å²) in [4.78, 5) is 25.1. The Balaban J connectivity index is 1.89. The average Bonchev–Trinajstić information content (AvgIpc) is 3.26. The fraction of sp³-hybridized carbons (Fsp3) is 0.529. The van der Waals surface area contributed by atoms with Crippen molar-refractivity contribution in [3.63, 3.8) is 0 Å². The van der Waals surface area contributed by atoms with Crippen molar-refractivity contribution in [2.24, 2.45) is 0 Å². The standard InChI is InChI=1S/C17H25N3O2/c1-11-6-5-7-12(2)16(11)19-15(21)10-20(4)13(3)17(22)18-14-8-9-14/h5-7,13-14H,8-10H2,1-4H3,(H,18,22)(H,19,21)/p+1/t13-/m1/s1. The summed E-state index contributed by atoms with van der Waals surface area (Å²) in [7, 11) is 1.88. The summed E-state index contributed by atoms with van der Waals surface area (Å²) >= 11 is 0. The van der Waals surface area contributed by atoms with Gasteiger partial charge in [0.15, 0.2) is 12.6 Å². The van der Waals surface area contributed by atoms with E-state index in [1.54, 1.807) is 0 Å². The molecule has 1 aliphatic carbocycles. The number of carbonyl (C=O) groups is 2. The van der Waals surface area contributed by atoms with E-state index in [9.17, 15) is 9.59 Å². The number of para-hydroxylation sites is 1. The Hall–Kier alpha value is -1.88. The molecule has 0 radical (unpaired) electrons. The number of hydrogen-bond donors (Lipinski definition) is 3. The summed E-state index contributed by atoms with van der Waals surface area (Å²) in [5.41, 5.74) is 2.96. The van der Waals surface area contributed by atoms with Crippen molar-refractivity contribution < 1.29 is 14.5 Å². The van der Waals surface area contributed by atoms with Crippen LogP contribution in [0.1, 0.15) is 30.9 Å². The molecule has 0 heterocycles. The molecule has 1 unspecified atom stereocenters. The third-order valence-corrected chi connectivity index (χ3v) is 4.24. The van der Waals surface area contributed by atoms with Gasteiger partial charge >= 0.3 is 0 Å². The van der Waals surface area contributed by atoms with Gasteiger partial charge in [-0.25, -0.2) is 0 Å². The second-order valence-corrected chi connectivity index (χ2v) is 6.34. The maximum atomic E-state index is 12.2. The highest BCUT2D eigenvalue weighted by Crippen LogP contribution is 2.19. The summed E-state index contributed by atoms with van der Waals surface area (Å²) < 4.78 is 0. The van der Waals surface area contributed by atoms with Gasteiger partial charge < -0.3 is 15.5 Å². The maximum Gasteiger partial charge on any atom is 0.279 e. The highest BCUT2D eigenvalue weighted by Gasteiger charge is 2.29. The minimum atomic E-state index is -0.232. The number of nitrogens with one attached hydrogen (secondary N) is 3. The van der Waals surface area contributed by atoms with Crippen molar-refractivity contribution in [3.8, 4) is 0 Å². The molecule has 0 bridgehead atoms. The predicted octanol–water partition coefficient (Wildman–Crippen LogP) is 0.424. The van der Waals surface area contributed by atoms with Crippen LogP contribution in [0, 0.1) is 13.8 Å². The van der Waals surface area contributed by atoms with Crippen LogP contribution in [0.2, 0.25) is 0 Å². The molecule has 2 amide bonds. The summed E-state index contributed by atoms with van der Waals surface area (Å²) in [5.74, 6) is -0.0409. The van der Waals surface area contributed by atoms with Crippen molar-refractivity contribution in [2.75, 3.05) is 18.9 Å². The van der Waals surface area contributed by atoms with Crippen LogP contribution in [-0.4, -0.2) is 37.5 Å². The van der Waals surface area contributed by atoms with Gasteiger partial charge in [-0.2, -0.15) is 0 Å². The van der Waals surface area contributed by atoms with Gasteiger partial charge in [0.25, 0.3) is 11.8 Å². The number of quaternary nitrogens is 1. The van der Waals surface area contributed by atoms with Crippen LogP contribution in [0.4, 0.5) is 5.69 Å². The third-order valence-electron chi connectivity index (χ3n) is 4.24. The fourth-order valence-corrected chi connectivity index (χ4v) is 2.38. The summed E-state index contributed by atoms with van der Waals surface area (Å²) in [6.07, 6.45) is 2.15. The van der Waals surface area contributed by atoms with Gasteiger partial charge in [0.1, 0.15) is 0 Å². The predicted molar refractivity (Wildman–Crippen MR) is 86.9 cm³/mol. The van der Waals surface area contributed by atoms with E-state index in [1.165, 1.54) is 0 Å². The molecule has 2 atom stereocenters. The van der Waals surface area contributed by atoms with E-state index in [1.807, 2.05) is 46.0 Å². The van der Waals surface area contributed by atoms with Gasteiger partial charge in [0, 0.05) is 11.7 Å². The van der Waals surface area contributed by atoms with E-state index in [2.05, 4.69) is 10.6 Å². The van der Waals surface area contributed by atoms with Crippen molar-refractivity contribution in [1.29, 1.82) is 0 Å². The Morgan fingerprint density at radius 1 is 1.27 bits per heavy atom.